The minimum Gasteiger partial charge on any atom is -0.406 e. The Kier molecular flexibility index (Phi) is 9.58. The van der Waals surface area contributed by atoms with Crippen molar-refractivity contribution in [2.24, 2.45) is 4.99 Å². The van der Waals surface area contributed by atoms with Crippen LogP contribution in [-0.4, -0.2) is 51.2 Å². The summed E-state index contributed by atoms with van der Waals surface area (Å²) < 4.78 is 42.7. The lowest BCUT2D eigenvalue weighted by atomic mass is 10.00. The van der Waals surface area contributed by atoms with Crippen molar-refractivity contribution in [1.82, 2.24) is 20.1 Å². The van der Waals surface area contributed by atoms with Crippen LogP contribution in [-0.2, 0) is 6.42 Å². The number of aromatic nitrogens is 3. The predicted octanol–water partition coefficient (Wildman–Crippen LogP) is 7.52. The lowest BCUT2D eigenvalue weighted by molar-refractivity contribution is -0.274. The number of alkyl halides is 3. The largest absolute Gasteiger partial charge is 0.573 e. The predicted molar refractivity (Wildman–Crippen MR) is 168 cm³/mol. The number of halogens is 3. The van der Waals surface area contributed by atoms with Gasteiger partial charge in [-0.2, -0.15) is 4.99 Å². The zero-order valence-corrected chi connectivity index (χ0v) is 25.5. The third-order valence-electron chi connectivity index (χ3n) is 7.15. The van der Waals surface area contributed by atoms with Crippen LogP contribution in [0.1, 0.15) is 42.9 Å². The zero-order chi connectivity index (χ0) is 31.3. The van der Waals surface area contributed by atoms with Crippen molar-refractivity contribution in [2.45, 2.75) is 45.9 Å². The summed E-state index contributed by atoms with van der Waals surface area (Å²) in [5, 5.41) is 8.12. The molecule has 2 amide bonds. The van der Waals surface area contributed by atoms with Crippen molar-refractivity contribution in [3.63, 3.8) is 0 Å². The van der Waals surface area contributed by atoms with E-state index in [4.69, 9.17) is 0 Å². The monoisotopic (exact) mass is 622 g/mol. The summed E-state index contributed by atoms with van der Waals surface area (Å²) in [6, 6.07) is 19.2. The van der Waals surface area contributed by atoms with Gasteiger partial charge < -0.3 is 15.0 Å². The van der Waals surface area contributed by atoms with Crippen LogP contribution in [0.2, 0.25) is 0 Å². The second-order valence-electron chi connectivity index (χ2n) is 10.5. The summed E-state index contributed by atoms with van der Waals surface area (Å²) in [6.07, 6.45) is -1.23. The minimum absolute atomic E-state index is 0.0383. The molecule has 0 bridgehead atoms. The third-order valence-corrected chi connectivity index (χ3v) is 8.11. The van der Waals surface area contributed by atoms with Gasteiger partial charge in [0.25, 0.3) is 0 Å². The average molecular weight is 623 g/mol. The molecule has 1 aliphatic rings. The summed E-state index contributed by atoms with van der Waals surface area (Å²) in [5.41, 5.74) is 5.93. The molecule has 2 heterocycles. The number of urea groups is 1. The Hall–Kier alpha value is -4.32. The summed E-state index contributed by atoms with van der Waals surface area (Å²) in [4.78, 5) is 23.7. The van der Waals surface area contributed by atoms with Gasteiger partial charge >= 0.3 is 12.4 Å². The summed E-state index contributed by atoms with van der Waals surface area (Å²) in [5.74, 6) is 1.08. The van der Waals surface area contributed by atoms with Crippen LogP contribution in [0.4, 0.5) is 23.7 Å². The molecule has 1 saturated heterocycles. The smallest absolute Gasteiger partial charge is 0.406 e. The fourth-order valence-corrected chi connectivity index (χ4v) is 5.84. The van der Waals surface area contributed by atoms with Crippen molar-refractivity contribution in [3.05, 3.63) is 89.7 Å². The number of carbonyl (C=O) groups excluding carboxylic acids is 1. The van der Waals surface area contributed by atoms with E-state index in [1.807, 2.05) is 31.2 Å². The molecule has 8 nitrogen and oxygen atoms in total. The number of aliphatic imine (C=N–C) groups is 1. The van der Waals surface area contributed by atoms with E-state index in [1.165, 1.54) is 46.4 Å². The second-order valence-corrected chi connectivity index (χ2v) is 11.6. The van der Waals surface area contributed by atoms with E-state index in [9.17, 15) is 18.0 Å². The van der Waals surface area contributed by atoms with Gasteiger partial charge in [-0.15, -0.1) is 18.3 Å². The van der Waals surface area contributed by atoms with E-state index in [0.717, 1.165) is 47.1 Å². The summed E-state index contributed by atoms with van der Waals surface area (Å²) >= 11 is 1.59. The third kappa shape index (κ3) is 7.79. The first kappa shape index (κ1) is 31.1. The van der Waals surface area contributed by atoms with Gasteiger partial charge in [0.05, 0.1) is 5.69 Å². The molecule has 0 spiro atoms. The van der Waals surface area contributed by atoms with Gasteiger partial charge in [0.15, 0.2) is 11.0 Å². The number of hydrogen-bond acceptors (Lipinski definition) is 5. The number of hydrogen-bond donors (Lipinski definition) is 1. The first-order chi connectivity index (χ1) is 21.1. The molecule has 44 heavy (non-hydrogen) atoms. The molecule has 5 rings (SSSR count). The van der Waals surface area contributed by atoms with Gasteiger partial charge in [-0.3, -0.25) is 0 Å². The number of nitrogens with zero attached hydrogens (tertiary/aromatic N) is 5. The molecule has 1 atom stereocenters. The van der Waals surface area contributed by atoms with E-state index in [2.05, 4.69) is 62.1 Å². The van der Waals surface area contributed by atoms with E-state index in [0.29, 0.717) is 18.1 Å². The molecule has 1 N–H and O–H groups in total. The fraction of sp³-hybridized carbons (Fsp3) is 0.312. The Morgan fingerprint density at radius 2 is 1.86 bits per heavy atom. The standard InChI is InChI=1S/C32H33F3N6O2S/c1-4-5-24-7-6-21(2)18-28(24)40-16-17-44-31(40)38-30(42)36-19-22(3)23-8-10-25(11-9-23)29-37-20-41(39-29)26-12-14-27(15-13-26)43-32(33,34)35/h6-15,18,20,22H,4-5,16-17,19H2,1-3H3,(H,36,42). The molecule has 1 unspecified atom stereocenters. The van der Waals surface area contributed by atoms with Crippen molar-refractivity contribution < 1.29 is 22.7 Å². The average Bonchev–Trinajstić information content (AvgIpc) is 3.67. The highest BCUT2D eigenvalue weighted by Gasteiger charge is 2.31. The molecule has 230 valence electrons. The number of amidine groups is 1. The number of carbonyl (C=O) groups is 1. The number of nitrogens with one attached hydrogen (secondary N) is 1. The Morgan fingerprint density at radius 1 is 1.11 bits per heavy atom. The maximum Gasteiger partial charge on any atom is 0.573 e. The number of ether oxygens (including phenoxy) is 1. The van der Waals surface area contributed by atoms with E-state index < -0.39 is 6.36 Å². The van der Waals surface area contributed by atoms with Crippen LogP contribution in [0, 0.1) is 6.92 Å². The maximum atomic E-state index is 12.8. The molecule has 3 aromatic carbocycles. The van der Waals surface area contributed by atoms with Crippen LogP contribution in [0.25, 0.3) is 17.1 Å². The topological polar surface area (TPSA) is 84.6 Å². The quantitative estimate of drug-likeness (QED) is 0.208. The molecule has 1 aliphatic heterocycles. The Labute approximate surface area is 258 Å². The van der Waals surface area contributed by atoms with Crippen LogP contribution in [0.3, 0.4) is 0 Å². The van der Waals surface area contributed by atoms with Crippen molar-refractivity contribution in [3.8, 4) is 22.8 Å². The summed E-state index contributed by atoms with van der Waals surface area (Å²) in [7, 11) is 0. The number of aryl methyl sites for hydroxylation is 2. The van der Waals surface area contributed by atoms with Crippen LogP contribution in [0.15, 0.2) is 78.0 Å². The van der Waals surface area contributed by atoms with Gasteiger partial charge in [0.2, 0.25) is 0 Å². The van der Waals surface area contributed by atoms with Crippen LogP contribution >= 0.6 is 11.8 Å². The first-order valence-electron chi connectivity index (χ1n) is 14.3. The second kappa shape index (κ2) is 13.5. The molecular weight excluding hydrogens is 589 g/mol. The Balaban J connectivity index is 1.18. The number of amides is 2. The molecule has 1 fully saturated rings. The molecule has 0 aliphatic carbocycles. The molecule has 4 aromatic rings. The van der Waals surface area contributed by atoms with Gasteiger partial charge in [0.1, 0.15) is 12.1 Å². The fourth-order valence-electron chi connectivity index (χ4n) is 4.89. The SMILES string of the molecule is CCCc1ccc(C)cc1N1CCSC1=NC(=O)NCC(C)c1ccc(-c2ncn(-c3ccc(OC(F)(F)F)cc3)n2)cc1. The highest BCUT2D eigenvalue weighted by atomic mass is 32.2. The summed E-state index contributed by atoms with van der Waals surface area (Å²) in [6.45, 7) is 7.51. The van der Waals surface area contributed by atoms with Gasteiger partial charge in [-0.1, -0.05) is 68.4 Å². The van der Waals surface area contributed by atoms with E-state index >= 15 is 0 Å². The normalized spacial score (nSPS) is 15.0. The molecule has 0 radical (unpaired) electrons. The first-order valence-corrected chi connectivity index (χ1v) is 15.3. The van der Waals surface area contributed by atoms with Gasteiger partial charge in [0, 0.05) is 30.1 Å². The van der Waals surface area contributed by atoms with Gasteiger partial charge in [-0.05, 0) is 66.3 Å². The van der Waals surface area contributed by atoms with Crippen molar-refractivity contribution in [2.75, 3.05) is 23.7 Å². The molecular formula is C32H33F3N6O2S. The number of thioether (sulfide) groups is 1. The number of anilines is 1. The zero-order valence-electron chi connectivity index (χ0n) is 24.6. The van der Waals surface area contributed by atoms with Gasteiger partial charge in [-0.25, -0.2) is 14.5 Å². The maximum absolute atomic E-state index is 12.8. The van der Waals surface area contributed by atoms with Crippen molar-refractivity contribution in [1.29, 1.82) is 0 Å². The van der Waals surface area contributed by atoms with Crippen LogP contribution < -0.4 is 15.0 Å². The van der Waals surface area contributed by atoms with Crippen molar-refractivity contribution >= 4 is 28.6 Å². The molecule has 0 saturated carbocycles. The number of rotatable bonds is 9. The Morgan fingerprint density at radius 3 is 2.57 bits per heavy atom. The minimum atomic E-state index is -4.75. The highest BCUT2D eigenvalue weighted by Crippen LogP contribution is 2.31. The molecule has 12 heteroatoms. The lowest BCUT2D eigenvalue weighted by Gasteiger charge is -2.22. The van der Waals surface area contributed by atoms with Crippen LogP contribution in [0.5, 0.6) is 5.75 Å². The van der Waals surface area contributed by atoms with E-state index in [1.54, 1.807) is 11.8 Å². The Bertz CT molecular complexity index is 1620. The van der Waals surface area contributed by atoms with E-state index in [-0.39, 0.29) is 17.7 Å². The molecule has 1 aromatic heterocycles. The number of benzene rings is 3. The highest BCUT2D eigenvalue weighted by molar-refractivity contribution is 8.14. The lowest BCUT2D eigenvalue weighted by Crippen LogP contribution is -2.29.